The molecule has 0 saturated heterocycles. The smallest absolute Gasteiger partial charge is 0.207 e. The number of halogens is 7. The third-order valence-corrected chi connectivity index (χ3v) is 3.85. The first-order valence-corrected chi connectivity index (χ1v) is 7.35. The van der Waals surface area contributed by atoms with Gasteiger partial charge in [0, 0.05) is 10.7 Å². The van der Waals surface area contributed by atoms with Crippen LogP contribution in [0.15, 0.2) is 17.0 Å². The van der Waals surface area contributed by atoms with Gasteiger partial charge in [0.15, 0.2) is 0 Å². The molecule has 0 aliphatic heterocycles. The standard InChI is InChI=1S/C10H7ClF6O2S/c1-2-6-7(10(15,16)17)3-5(9(12,13)14)4-8(6)20(11,18)19/h3-4H,2H2,1H3. The summed E-state index contributed by atoms with van der Waals surface area (Å²) in [6.45, 7) is 1.18. The summed E-state index contributed by atoms with van der Waals surface area (Å²) in [5.74, 6) is 0. The Kier molecular flexibility index (Phi) is 4.36. The van der Waals surface area contributed by atoms with Crippen molar-refractivity contribution in [3.8, 4) is 0 Å². The fourth-order valence-corrected chi connectivity index (χ4v) is 2.87. The van der Waals surface area contributed by atoms with Gasteiger partial charge in [0.25, 0.3) is 9.05 Å². The molecule has 0 amide bonds. The molecule has 20 heavy (non-hydrogen) atoms. The summed E-state index contributed by atoms with van der Waals surface area (Å²) in [4.78, 5) is -1.18. The van der Waals surface area contributed by atoms with E-state index in [1.165, 1.54) is 6.92 Å². The van der Waals surface area contributed by atoms with Gasteiger partial charge in [-0.1, -0.05) is 6.92 Å². The van der Waals surface area contributed by atoms with Crippen molar-refractivity contribution in [1.29, 1.82) is 0 Å². The fourth-order valence-electron chi connectivity index (χ4n) is 1.64. The largest absolute Gasteiger partial charge is 0.416 e. The molecule has 0 saturated carbocycles. The van der Waals surface area contributed by atoms with Crippen LogP contribution in [-0.2, 0) is 27.8 Å². The highest BCUT2D eigenvalue weighted by Gasteiger charge is 2.40. The summed E-state index contributed by atoms with van der Waals surface area (Å²) in [5.41, 5.74) is -4.17. The second-order valence-electron chi connectivity index (χ2n) is 3.79. The zero-order valence-electron chi connectivity index (χ0n) is 9.73. The molecule has 0 fully saturated rings. The predicted molar refractivity (Wildman–Crippen MR) is 58.9 cm³/mol. The summed E-state index contributed by atoms with van der Waals surface area (Å²) in [6, 6.07) is -0.0131. The predicted octanol–water partition coefficient (Wildman–Crippen LogP) is 4.21. The Balaban J connectivity index is 3.85. The van der Waals surface area contributed by atoms with E-state index in [9.17, 15) is 34.8 Å². The van der Waals surface area contributed by atoms with Crippen molar-refractivity contribution in [1.82, 2.24) is 0 Å². The molecule has 0 bridgehead atoms. The van der Waals surface area contributed by atoms with Gasteiger partial charge in [-0.15, -0.1) is 0 Å². The Morgan fingerprint density at radius 3 is 1.85 bits per heavy atom. The number of hydrogen-bond acceptors (Lipinski definition) is 2. The molecule has 0 unspecified atom stereocenters. The average Bonchev–Trinajstić information content (AvgIpc) is 2.23. The lowest BCUT2D eigenvalue weighted by atomic mass is 10.0. The van der Waals surface area contributed by atoms with Gasteiger partial charge < -0.3 is 0 Å². The Hall–Kier alpha value is -0.960. The molecule has 0 aliphatic carbocycles. The second kappa shape index (κ2) is 5.10. The van der Waals surface area contributed by atoms with Crippen LogP contribution in [0.2, 0.25) is 0 Å². The molecule has 0 aliphatic rings. The van der Waals surface area contributed by atoms with E-state index in [0.717, 1.165) is 0 Å². The van der Waals surface area contributed by atoms with Gasteiger partial charge in [-0.25, -0.2) is 8.42 Å². The molecular formula is C10H7ClF6O2S. The van der Waals surface area contributed by atoms with Crippen molar-refractivity contribution in [3.63, 3.8) is 0 Å². The lowest BCUT2D eigenvalue weighted by molar-refractivity contribution is -0.143. The first kappa shape index (κ1) is 17.1. The van der Waals surface area contributed by atoms with Gasteiger partial charge in [0.05, 0.1) is 16.0 Å². The third kappa shape index (κ3) is 3.57. The molecular weight excluding hydrogens is 334 g/mol. The Morgan fingerprint density at radius 1 is 1.05 bits per heavy atom. The van der Waals surface area contributed by atoms with Crippen molar-refractivity contribution in [2.45, 2.75) is 30.6 Å². The highest BCUT2D eigenvalue weighted by molar-refractivity contribution is 8.13. The van der Waals surface area contributed by atoms with Crippen LogP contribution >= 0.6 is 10.7 Å². The Morgan fingerprint density at radius 2 is 1.55 bits per heavy atom. The van der Waals surface area contributed by atoms with Crippen LogP contribution in [0.4, 0.5) is 26.3 Å². The summed E-state index contributed by atoms with van der Waals surface area (Å²) < 4.78 is 98.4. The van der Waals surface area contributed by atoms with Crippen LogP contribution in [0.25, 0.3) is 0 Å². The molecule has 0 N–H and O–H groups in total. The summed E-state index contributed by atoms with van der Waals surface area (Å²) >= 11 is 0. The Labute approximate surface area is 114 Å². The summed E-state index contributed by atoms with van der Waals surface area (Å²) in [6.07, 6.45) is -10.7. The molecule has 10 heteroatoms. The van der Waals surface area contributed by atoms with Crippen LogP contribution in [0, 0.1) is 0 Å². The molecule has 0 spiro atoms. The van der Waals surface area contributed by atoms with Crippen LogP contribution in [0.3, 0.4) is 0 Å². The zero-order valence-corrected chi connectivity index (χ0v) is 11.3. The third-order valence-electron chi connectivity index (χ3n) is 2.46. The minimum Gasteiger partial charge on any atom is -0.207 e. The van der Waals surface area contributed by atoms with E-state index in [0.29, 0.717) is 0 Å². The van der Waals surface area contributed by atoms with Crippen molar-refractivity contribution < 1.29 is 34.8 Å². The van der Waals surface area contributed by atoms with Crippen molar-refractivity contribution in [2.24, 2.45) is 0 Å². The average molecular weight is 341 g/mol. The van der Waals surface area contributed by atoms with E-state index < -0.39 is 49.4 Å². The van der Waals surface area contributed by atoms with Crippen LogP contribution in [-0.4, -0.2) is 8.42 Å². The van der Waals surface area contributed by atoms with Gasteiger partial charge in [0.1, 0.15) is 0 Å². The molecule has 1 rings (SSSR count). The lowest BCUT2D eigenvalue weighted by Gasteiger charge is -2.17. The van der Waals surface area contributed by atoms with E-state index in [1.807, 2.05) is 0 Å². The van der Waals surface area contributed by atoms with Crippen molar-refractivity contribution >= 4 is 19.7 Å². The minimum absolute atomic E-state index is 0.108. The first-order valence-electron chi connectivity index (χ1n) is 5.04. The number of rotatable bonds is 2. The number of benzene rings is 1. The maximum atomic E-state index is 12.8. The summed E-state index contributed by atoms with van der Waals surface area (Å²) in [5, 5.41) is 0. The van der Waals surface area contributed by atoms with E-state index in [4.69, 9.17) is 10.7 Å². The highest BCUT2D eigenvalue weighted by atomic mass is 35.7. The maximum absolute atomic E-state index is 12.8. The number of alkyl halides is 6. The molecule has 0 aromatic heterocycles. The van der Waals surface area contributed by atoms with E-state index >= 15 is 0 Å². The van der Waals surface area contributed by atoms with Gasteiger partial charge in [-0.2, -0.15) is 26.3 Å². The second-order valence-corrected chi connectivity index (χ2v) is 6.32. The van der Waals surface area contributed by atoms with Crippen molar-refractivity contribution in [3.05, 3.63) is 28.8 Å². The number of hydrogen-bond donors (Lipinski definition) is 0. The van der Waals surface area contributed by atoms with Crippen LogP contribution < -0.4 is 0 Å². The molecule has 1 aromatic carbocycles. The van der Waals surface area contributed by atoms with Crippen LogP contribution in [0.1, 0.15) is 23.6 Å². The summed E-state index contributed by atoms with van der Waals surface area (Å²) in [7, 11) is 0.185. The molecule has 1 aromatic rings. The molecule has 114 valence electrons. The SMILES string of the molecule is CCc1c(C(F)(F)F)cc(C(F)(F)F)cc1S(=O)(=O)Cl. The van der Waals surface area contributed by atoms with E-state index in [2.05, 4.69) is 0 Å². The topological polar surface area (TPSA) is 34.1 Å². The normalized spacial score (nSPS) is 13.6. The lowest BCUT2D eigenvalue weighted by Crippen LogP contribution is -2.16. The van der Waals surface area contributed by atoms with Crippen LogP contribution in [0.5, 0.6) is 0 Å². The van der Waals surface area contributed by atoms with Gasteiger partial charge in [-0.3, -0.25) is 0 Å². The van der Waals surface area contributed by atoms with Gasteiger partial charge >= 0.3 is 12.4 Å². The molecule has 0 heterocycles. The first-order chi connectivity index (χ1) is 8.78. The monoisotopic (exact) mass is 340 g/mol. The molecule has 2 nitrogen and oxygen atoms in total. The maximum Gasteiger partial charge on any atom is 0.416 e. The van der Waals surface area contributed by atoms with E-state index in [1.54, 1.807) is 0 Å². The van der Waals surface area contributed by atoms with Gasteiger partial charge in [0.2, 0.25) is 0 Å². The van der Waals surface area contributed by atoms with Gasteiger partial charge in [-0.05, 0) is 24.1 Å². The fraction of sp³-hybridized carbons (Fsp3) is 0.400. The molecule has 0 atom stereocenters. The quantitative estimate of drug-likeness (QED) is 0.597. The highest BCUT2D eigenvalue weighted by Crippen LogP contribution is 2.40. The Bertz CT molecular complexity index is 618. The minimum atomic E-state index is -5.12. The molecule has 0 radical (unpaired) electrons. The zero-order chi connectivity index (χ0) is 15.9. The van der Waals surface area contributed by atoms with Crippen molar-refractivity contribution in [2.75, 3.05) is 0 Å². The van der Waals surface area contributed by atoms with E-state index in [-0.39, 0.29) is 12.1 Å².